The van der Waals surface area contributed by atoms with Gasteiger partial charge in [-0.3, -0.25) is 4.90 Å². The van der Waals surface area contributed by atoms with Crippen molar-refractivity contribution in [1.29, 1.82) is 0 Å². The second-order valence-electron chi connectivity index (χ2n) is 4.73. The van der Waals surface area contributed by atoms with E-state index in [4.69, 9.17) is 16.3 Å². The third-order valence-electron chi connectivity index (χ3n) is 3.24. The molecule has 0 radical (unpaired) electrons. The maximum atomic E-state index is 13.0. The Morgan fingerprint density at radius 2 is 2.11 bits per heavy atom. The van der Waals surface area contributed by atoms with E-state index in [0.29, 0.717) is 0 Å². The van der Waals surface area contributed by atoms with Gasteiger partial charge in [-0.25, -0.2) is 4.39 Å². The van der Waals surface area contributed by atoms with Crippen molar-refractivity contribution < 1.29 is 9.13 Å². The molecule has 0 aromatic heterocycles. The molecule has 1 aromatic carbocycles. The first-order valence-electron chi connectivity index (χ1n) is 6.70. The number of halogens is 2. The number of nitrogens with zero attached hydrogens (tertiary/aromatic N) is 1. The zero-order valence-electron chi connectivity index (χ0n) is 11.0. The molecule has 1 aliphatic heterocycles. The lowest BCUT2D eigenvalue weighted by molar-refractivity contribution is 0.0374. The summed E-state index contributed by atoms with van der Waals surface area (Å²) in [4.78, 5) is 2.42. The number of benzene rings is 1. The highest BCUT2D eigenvalue weighted by Gasteiger charge is 2.08. The molecule has 106 valence electrons. The van der Waals surface area contributed by atoms with Crippen molar-refractivity contribution in [3.05, 3.63) is 34.6 Å². The zero-order valence-corrected chi connectivity index (χ0v) is 11.8. The van der Waals surface area contributed by atoms with Crippen molar-refractivity contribution in [3.63, 3.8) is 0 Å². The second-order valence-corrected chi connectivity index (χ2v) is 5.14. The quantitative estimate of drug-likeness (QED) is 0.812. The van der Waals surface area contributed by atoms with E-state index in [-0.39, 0.29) is 10.8 Å². The molecule has 3 nitrogen and oxygen atoms in total. The van der Waals surface area contributed by atoms with Crippen molar-refractivity contribution >= 4 is 11.6 Å². The molecule has 1 N–H and O–H groups in total. The van der Waals surface area contributed by atoms with Gasteiger partial charge in [0.05, 0.1) is 18.2 Å². The molecule has 0 aliphatic carbocycles. The van der Waals surface area contributed by atoms with Gasteiger partial charge >= 0.3 is 0 Å². The molecule has 2 rings (SSSR count). The normalized spacial score (nSPS) is 16.7. The summed E-state index contributed by atoms with van der Waals surface area (Å²) in [5, 5.41) is 3.54. The van der Waals surface area contributed by atoms with E-state index in [9.17, 15) is 4.39 Å². The van der Waals surface area contributed by atoms with Crippen LogP contribution in [0.3, 0.4) is 0 Å². The van der Waals surface area contributed by atoms with Crippen LogP contribution >= 0.6 is 11.6 Å². The Kier molecular flexibility index (Phi) is 6.04. The molecule has 0 amide bonds. The van der Waals surface area contributed by atoms with Gasteiger partial charge in [0.1, 0.15) is 5.82 Å². The van der Waals surface area contributed by atoms with Gasteiger partial charge in [-0.2, -0.15) is 0 Å². The van der Waals surface area contributed by atoms with E-state index >= 15 is 0 Å². The minimum absolute atomic E-state index is 0.188. The Morgan fingerprint density at radius 1 is 1.32 bits per heavy atom. The van der Waals surface area contributed by atoms with Crippen molar-refractivity contribution in [1.82, 2.24) is 10.2 Å². The van der Waals surface area contributed by atoms with E-state index in [2.05, 4.69) is 10.2 Å². The smallest absolute Gasteiger partial charge is 0.141 e. The third kappa shape index (κ3) is 5.07. The molecular formula is C14H20ClFN2O. The van der Waals surface area contributed by atoms with E-state index in [1.807, 2.05) is 0 Å². The van der Waals surface area contributed by atoms with Gasteiger partial charge in [0, 0.05) is 19.6 Å². The fraction of sp³-hybridized carbons (Fsp3) is 0.571. The molecule has 19 heavy (non-hydrogen) atoms. The minimum atomic E-state index is -0.363. The Balaban J connectivity index is 1.59. The van der Waals surface area contributed by atoms with Gasteiger partial charge in [0.2, 0.25) is 0 Å². The second kappa shape index (κ2) is 7.80. The van der Waals surface area contributed by atoms with Crippen LogP contribution in [0.5, 0.6) is 0 Å². The van der Waals surface area contributed by atoms with Crippen LogP contribution in [0.25, 0.3) is 0 Å². The topological polar surface area (TPSA) is 24.5 Å². The highest BCUT2D eigenvalue weighted by Crippen LogP contribution is 2.15. The number of ether oxygens (including phenoxy) is 1. The van der Waals surface area contributed by atoms with Gasteiger partial charge in [-0.15, -0.1) is 0 Å². The fourth-order valence-corrected chi connectivity index (χ4v) is 2.34. The summed E-state index contributed by atoms with van der Waals surface area (Å²) in [6.45, 7) is 6.54. The average molecular weight is 287 g/mol. The van der Waals surface area contributed by atoms with Crippen molar-refractivity contribution in [2.45, 2.75) is 13.0 Å². The maximum absolute atomic E-state index is 13.0. The Hall–Kier alpha value is -0.680. The van der Waals surface area contributed by atoms with Crippen molar-refractivity contribution in [2.75, 3.05) is 39.4 Å². The van der Waals surface area contributed by atoms with Gasteiger partial charge in [-0.05, 0) is 37.2 Å². The first-order chi connectivity index (χ1) is 9.25. The predicted octanol–water partition coefficient (Wildman–Crippen LogP) is 2.29. The number of rotatable bonds is 6. The Labute approximate surface area is 118 Å². The molecular weight excluding hydrogens is 267 g/mol. The van der Waals surface area contributed by atoms with Gasteiger partial charge in [-0.1, -0.05) is 17.7 Å². The van der Waals surface area contributed by atoms with E-state index < -0.39 is 0 Å². The molecule has 1 aliphatic rings. The van der Waals surface area contributed by atoms with Gasteiger partial charge in [0.25, 0.3) is 0 Å². The van der Waals surface area contributed by atoms with Crippen LogP contribution in [0.15, 0.2) is 18.2 Å². The predicted molar refractivity (Wildman–Crippen MR) is 75.0 cm³/mol. The largest absolute Gasteiger partial charge is 0.379 e. The summed E-state index contributed by atoms with van der Waals surface area (Å²) in [5.74, 6) is -0.363. The first kappa shape index (κ1) is 14.7. The minimum Gasteiger partial charge on any atom is -0.379 e. The lowest BCUT2D eigenvalue weighted by Gasteiger charge is -2.26. The lowest BCUT2D eigenvalue weighted by atomic mass is 10.2. The molecule has 1 heterocycles. The average Bonchev–Trinajstić information content (AvgIpc) is 2.43. The van der Waals surface area contributed by atoms with E-state index in [1.165, 1.54) is 6.07 Å². The maximum Gasteiger partial charge on any atom is 0.141 e. The molecule has 5 heteroatoms. The van der Waals surface area contributed by atoms with Gasteiger partial charge in [0.15, 0.2) is 0 Å². The van der Waals surface area contributed by atoms with Crippen LogP contribution in [-0.4, -0.2) is 44.3 Å². The van der Waals surface area contributed by atoms with Crippen LogP contribution in [-0.2, 0) is 11.3 Å². The molecule has 0 saturated carbocycles. The van der Waals surface area contributed by atoms with Crippen molar-refractivity contribution in [3.8, 4) is 0 Å². The number of morpholine rings is 1. The number of nitrogens with one attached hydrogen (secondary N) is 1. The standard InChI is InChI=1S/C14H20ClFN2O/c15-13-10-12(2-3-14(13)16)11-17-4-1-5-18-6-8-19-9-7-18/h2-3,10,17H,1,4-9,11H2. The van der Waals surface area contributed by atoms with Crippen LogP contribution in [0.4, 0.5) is 4.39 Å². The Morgan fingerprint density at radius 3 is 2.84 bits per heavy atom. The first-order valence-corrected chi connectivity index (χ1v) is 7.08. The molecule has 0 atom stereocenters. The summed E-state index contributed by atoms with van der Waals surface area (Å²) in [6, 6.07) is 4.84. The van der Waals surface area contributed by atoms with Crippen LogP contribution in [0.2, 0.25) is 5.02 Å². The van der Waals surface area contributed by atoms with Gasteiger partial charge < -0.3 is 10.1 Å². The highest BCUT2D eigenvalue weighted by molar-refractivity contribution is 6.30. The summed E-state index contributed by atoms with van der Waals surface area (Å²) in [6.07, 6.45) is 1.11. The summed E-state index contributed by atoms with van der Waals surface area (Å²) >= 11 is 5.73. The highest BCUT2D eigenvalue weighted by atomic mass is 35.5. The van der Waals surface area contributed by atoms with Crippen LogP contribution in [0, 0.1) is 5.82 Å². The molecule has 0 unspecified atom stereocenters. The van der Waals surface area contributed by atoms with E-state index in [1.54, 1.807) is 12.1 Å². The fourth-order valence-electron chi connectivity index (χ4n) is 2.13. The van der Waals surface area contributed by atoms with Crippen molar-refractivity contribution in [2.24, 2.45) is 0 Å². The molecule has 1 aromatic rings. The lowest BCUT2D eigenvalue weighted by Crippen LogP contribution is -2.37. The van der Waals surface area contributed by atoms with E-state index in [0.717, 1.165) is 57.9 Å². The molecule has 0 bridgehead atoms. The Bertz CT molecular complexity index is 397. The zero-order chi connectivity index (χ0) is 13.5. The number of hydrogen-bond donors (Lipinski definition) is 1. The monoisotopic (exact) mass is 286 g/mol. The van der Waals surface area contributed by atoms with Crippen LogP contribution < -0.4 is 5.32 Å². The summed E-state index contributed by atoms with van der Waals surface area (Å²) in [5.41, 5.74) is 1.01. The molecule has 1 saturated heterocycles. The summed E-state index contributed by atoms with van der Waals surface area (Å²) in [7, 11) is 0. The number of hydrogen-bond acceptors (Lipinski definition) is 3. The summed E-state index contributed by atoms with van der Waals surface area (Å²) < 4.78 is 18.3. The SMILES string of the molecule is Fc1ccc(CNCCCN2CCOCC2)cc1Cl. The molecule has 1 fully saturated rings. The van der Waals surface area contributed by atoms with Crippen LogP contribution in [0.1, 0.15) is 12.0 Å². The third-order valence-corrected chi connectivity index (χ3v) is 3.53. The molecule has 0 spiro atoms.